The molecule has 6 rings (SSSR count). The molecule has 3 aromatic rings. The van der Waals surface area contributed by atoms with Crippen molar-refractivity contribution in [3.8, 4) is 11.4 Å². The minimum absolute atomic E-state index is 0.0852. The fraction of sp³-hybridized carbons (Fsp3) is 0.444. The van der Waals surface area contributed by atoms with E-state index in [1.165, 1.54) is 0 Å². The number of cyclic esters (lactones) is 1. The molecule has 0 aliphatic carbocycles. The first-order valence-electron chi connectivity index (χ1n) is 17.2. The molecule has 0 radical (unpaired) electrons. The lowest BCUT2D eigenvalue weighted by Crippen LogP contribution is -2.63. The molecule has 2 aromatic heterocycles. The monoisotopic (exact) mass is 766 g/mol. The van der Waals surface area contributed by atoms with Crippen molar-refractivity contribution in [1.82, 2.24) is 14.9 Å². The molecule has 0 unspecified atom stereocenters. The zero-order valence-electron chi connectivity index (χ0n) is 30.2. The summed E-state index contributed by atoms with van der Waals surface area (Å²) in [5.74, 6) is -3.27. The lowest BCUT2D eigenvalue weighted by molar-refractivity contribution is -0.304. The van der Waals surface area contributed by atoms with Crippen LogP contribution in [0.2, 0.25) is 0 Å². The first kappa shape index (κ1) is 38.6. The first-order valence-corrected chi connectivity index (χ1v) is 17.2. The van der Waals surface area contributed by atoms with E-state index in [2.05, 4.69) is 5.32 Å². The van der Waals surface area contributed by atoms with Gasteiger partial charge in [-0.1, -0.05) is 25.1 Å². The number of nitrogens with zero attached hydrogens (tertiary/aromatic N) is 2. The molecule has 6 atom stereocenters. The van der Waals surface area contributed by atoms with Crippen molar-refractivity contribution < 1.29 is 66.7 Å². The second-order valence-corrected chi connectivity index (χ2v) is 12.8. The Balaban J connectivity index is 1.19. The number of fused-ring (bicyclic) bond motifs is 5. The molecule has 1 aromatic carbocycles. The average molecular weight is 767 g/mol. The summed E-state index contributed by atoms with van der Waals surface area (Å²) in [4.78, 5) is 92.8. The number of rotatable bonds is 11. The number of nitrogens with one attached hydrogen (secondary N) is 1. The van der Waals surface area contributed by atoms with Crippen LogP contribution in [0, 0.1) is 0 Å². The van der Waals surface area contributed by atoms with Crippen LogP contribution in [-0.4, -0.2) is 96.1 Å². The molecular formula is C36H38N4O15. The van der Waals surface area contributed by atoms with Crippen molar-refractivity contribution in [2.45, 2.75) is 83.6 Å². The largest absolute Gasteiger partial charge is 0.463 e. The van der Waals surface area contributed by atoms with Crippen molar-refractivity contribution in [2.75, 3.05) is 19.8 Å². The van der Waals surface area contributed by atoms with Gasteiger partial charge in [0.1, 0.15) is 19.3 Å². The summed E-state index contributed by atoms with van der Waals surface area (Å²) in [5, 5.41) is 3.37. The quantitative estimate of drug-likeness (QED) is 0.125. The molecule has 1 saturated heterocycles. The number of alkyl carbamates (subject to hydrolysis) is 1. The number of primary amides is 1. The standard InChI is InChI=1S/C36H38N4O15/c1-5-36(23-13-25-27-21(12-20-8-6-7-9-24(20)39-27)14-40(25)31(44)22(23)15-50-33(36)45)55-35(47)38-10-11-48-32-30(52-19(4)43)29(54-34(37)46)28(51-18(3)42)26(53-32)16-49-17(2)41/h6-9,12-13,26,28-30,32H,5,10-11,14-16H2,1-4H3,(H2,37,46)(H,38,47)/t26-,28-,29+,30+,32-,36+/m1/s1. The molecule has 19 heteroatoms. The molecule has 0 spiro atoms. The molecular weight excluding hydrogens is 728 g/mol. The number of benzene rings is 1. The van der Waals surface area contributed by atoms with Crippen LogP contribution in [0.3, 0.4) is 0 Å². The number of aromatic nitrogens is 2. The third-order valence-corrected chi connectivity index (χ3v) is 9.20. The number of pyridine rings is 2. The van der Waals surface area contributed by atoms with Crippen molar-refractivity contribution in [3.63, 3.8) is 0 Å². The van der Waals surface area contributed by atoms with Gasteiger partial charge in [0.2, 0.25) is 5.60 Å². The lowest BCUT2D eigenvalue weighted by atomic mass is 9.85. The number of carbonyl (C=O) groups is 6. The maximum Gasteiger partial charge on any atom is 0.408 e. The van der Waals surface area contributed by atoms with Gasteiger partial charge in [0.05, 0.1) is 35.6 Å². The lowest BCUT2D eigenvalue weighted by Gasteiger charge is -2.43. The molecule has 0 saturated carbocycles. The third-order valence-electron chi connectivity index (χ3n) is 9.20. The number of hydrogen-bond acceptors (Lipinski definition) is 16. The van der Waals surface area contributed by atoms with E-state index in [1.54, 1.807) is 17.6 Å². The first-order chi connectivity index (χ1) is 26.2. The Morgan fingerprint density at radius 1 is 0.982 bits per heavy atom. The maximum absolute atomic E-state index is 13.8. The Bertz CT molecular complexity index is 2120. The van der Waals surface area contributed by atoms with Gasteiger partial charge in [-0.15, -0.1) is 0 Å². The Hall–Kier alpha value is -6.08. The van der Waals surface area contributed by atoms with E-state index >= 15 is 0 Å². The number of amides is 2. The summed E-state index contributed by atoms with van der Waals surface area (Å²) in [6, 6.07) is 11.1. The SMILES string of the molecule is CC[C@@]1(OC(=O)NCCO[C@@H]2O[C@H](COC(C)=O)[C@@H](OC(C)=O)[C@H](OC(N)=O)[C@@H]2OC(C)=O)C(=O)OCc2c1cc1n(c2=O)Cc2cc3ccccc3nc2-1. The van der Waals surface area contributed by atoms with Crippen molar-refractivity contribution >= 4 is 47.0 Å². The van der Waals surface area contributed by atoms with Gasteiger partial charge in [-0.25, -0.2) is 19.4 Å². The van der Waals surface area contributed by atoms with Gasteiger partial charge in [-0.05, 0) is 24.6 Å². The van der Waals surface area contributed by atoms with Crippen LogP contribution in [0.5, 0.6) is 0 Å². The fourth-order valence-electron chi connectivity index (χ4n) is 6.87. The number of esters is 4. The van der Waals surface area contributed by atoms with Gasteiger partial charge in [-0.2, -0.15) is 0 Å². The topological polar surface area (TPSA) is 249 Å². The summed E-state index contributed by atoms with van der Waals surface area (Å²) < 4.78 is 45.2. The molecule has 1 fully saturated rings. The van der Waals surface area contributed by atoms with Crippen LogP contribution in [0.15, 0.2) is 41.2 Å². The van der Waals surface area contributed by atoms with E-state index in [0.29, 0.717) is 11.4 Å². The Labute approximate surface area is 312 Å². The molecule has 55 heavy (non-hydrogen) atoms. The molecule has 5 heterocycles. The molecule has 19 nitrogen and oxygen atoms in total. The van der Waals surface area contributed by atoms with Crippen LogP contribution >= 0.6 is 0 Å². The Morgan fingerprint density at radius 2 is 1.71 bits per heavy atom. The van der Waals surface area contributed by atoms with Crippen molar-refractivity contribution in [1.29, 1.82) is 0 Å². The van der Waals surface area contributed by atoms with E-state index in [0.717, 1.165) is 37.2 Å². The van der Waals surface area contributed by atoms with Gasteiger partial charge in [-0.3, -0.25) is 19.2 Å². The van der Waals surface area contributed by atoms with Gasteiger partial charge in [0, 0.05) is 43.8 Å². The van der Waals surface area contributed by atoms with Gasteiger partial charge >= 0.3 is 36.1 Å². The number of ether oxygens (including phenoxy) is 8. The maximum atomic E-state index is 13.8. The summed E-state index contributed by atoms with van der Waals surface area (Å²) in [5.41, 5.74) is 5.77. The summed E-state index contributed by atoms with van der Waals surface area (Å²) in [7, 11) is 0. The summed E-state index contributed by atoms with van der Waals surface area (Å²) in [6.45, 7) is 3.65. The van der Waals surface area contributed by atoms with Crippen LogP contribution in [0.25, 0.3) is 22.3 Å². The number of hydrogen-bond donors (Lipinski definition) is 2. The fourth-order valence-corrected chi connectivity index (χ4v) is 6.87. The van der Waals surface area contributed by atoms with E-state index in [9.17, 15) is 33.6 Å². The van der Waals surface area contributed by atoms with Gasteiger partial charge in [0.15, 0.2) is 24.6 Å². The molecule has 0 bridgehead atoms. The van der Waals surface area contributed by atoms with Crippen LogP contribution in [0.4, 0.5) is 9.59 Å². The van der Waals surface area contributed by atoms with E-state index in [-0.39, 0.29) is 43.9 Å². The zero-order valence-corrected chi connectivity index (χ0v) is 30.2. The normalized spacial score (nSPS) is 23.6. The van der Waals surface area contributed by atoms with Crippen molar-refractivity contribution in [2.24, 2.45) is 5.73 Å². The second-order valence-electron chi connectivity index (χ2n) is 12.8. The highest BCUT2D eigenvalue weighted by molar-refractivity contribution is 5.88. The number of para-hydroxylation sites is 1. The molecule has 3 aliphatic rings. The number of carbonyl (C=O) groups excluding carboxylic acids is 6. The molecule has 3 N–H and O–H groups in total. The Morgan fingerprint density at radius 3 is 2.40 bits per heavy atom. The highest BCUT2D eigenvalue weighted by atomic mass is 16.7. The van der Waals surface area contributed by atoms with Crippen LogP contribution in [0.1, 0.15) is 50.8 Å². The zero-order chi connectivity index (χ0) is 39.6. The predicted octanol–water partition coefficient (Wildman–Crippen LogP) is 1.45. The second kappa shape index (κ2) is 15.7. The highest BCUT2D eigenvalue weighted by Gasteiger charge is 2.53. The van der Waals surface area contributed by atoms with Gasteiger partial charge < -0.3 is 53.5 Å². The molecule has 3 aliphatic heterocycles. The molecule has 292 valence electrons. The van der Waals surface area contributed by atoms with Crippen LogP contribution < -0.4 is 16.6 Å². The van der Waals surface area contributed by atoms with Crippen LogP contribution in [-0.2, 0) is 75.8 Å². The van der Waals surface area contributed by atoms with Crippen molar-refractivity contribution in [3.05, 3.63) is 63.4 Å². The minimum Gasteiger partial charge on any atom is -0.463 e. The third kappa shape index (κ3) is 7.79. The van der Waals surface area contributed by atoms with Gasteiger partial charge in [0.25, 0.3) is 5.56 Å². The predicted molar refractivity (Wildman–Crippen MR) is 184 cm³/mol. The van der Waals surface area contributed by atoms with E-state index in [1.807, 2.05) is 30.3 Å². The van der Waals surface area contributed by atoms with E-state index < -0.39 is 84.5 Å². The summed E-state index contributed by atoms with van der Waals surface area (Å²) >= 11 is 0. The number of nitrogens with two attached hydrogens (primary N) is 1. The Kier molecular flexibility index (Phi) is 11.0. The average Bonchev–Trinajstić information content (AvgIpc) is 3.48. The van der Waals surface area contributed by atoms with E-state index in [4.69, 9.17) is 48.6 Å². The highest BCUT2D eigenvalue weighted by Crippen LogP contribution is 2.41. The molecule has 2 amide bonds. The summed E-state index contributed by atoms with van der Waals surface area (Å²) in [6.07, 6.45) is -9.88. The minimum atomic E-state index is -1.99. The smallest absolute Gasteiger partial charge is 0.408 e.